The summed E-state index contributed by atoms with van der Waals surface area (Å²) in [4.78, 5) is 17.4. The lowest BCUT2D eigenvalue weighted by Gasteiger charge is -2.38. The Morgan fingerprint density at radius 2 is 2.39 bits per heavy atom. The van der Waals surface area contributed by atoms with E-state index in [0.29, 0.717) is 18.5 Å². The Hall–Kier alpha value is -2.09. The van der Waals surface area contributed by atoms with E-state index < -0.39 is 11.4 Å². The lowest BCUT2D eigenvalue weighted by atomic mass is 9.82. The molecule has 0 spiro atoms. The topological polar surface area (TPSA) is 77.2 Å². The number of hydrogen-bond acceptors (Lipinski definition) is 4. The standard InChI is InChI=1S/C13H15N3O2/c1-13(12(17)18)5-2-6-16(9-13)11-4-3-10(7-14)8-15-11/h3-4,8H,2,5-6,9H2,1H3,(H,17,18). The van der Waals surface area contributed by atoms with Crippen molar-refractivity contribution in [3.63, 3.8) is 0 Å². The largest absolute Gasteiger partial charge is 0.481 e. The van der Waals surface area contributed by atoms with E-state index in [1.54, 1.807) is 19.1 Å². The van der Waals surface area contributed by atoms with Crippen LogP contribution < -0.4 is 4.90 Å². The molecule has 0 aliphatic carbocycles. The highest BCUT2D eigenvalue weighted by molar-refractivity contribution is 5.75. The second-order valence-electron chi connectivity index (χ2n) is 4.91. The lowest BCUT2D eigenvalue weighted by Crippen LogP contribution is -2.46. The van der Waals surface area contributed by atoms with Gasteiger partial charge in [-0.15, -0.1) is 0 Å². The van der Waals surface area contributed by atoms with Gasteiger partial charge in [0.25, 0.3) is 0 Å². The summed E-state index contributed by atoms with van der Waals surface area (Å²) in [7, 11) is 0. The predicted molar refractivity (Wildman–Crippen MR) is 66.1 cm³/mol. The number of anilines is 1. The number of carbonyl (C=O) groups is 1. The Morgan fingerprint density at radius 1 is 1.61 bits per heavy atom. The first-order valence-corrected chi connectivity index (χ1v) is 5.90. The number of aliphatic carboxylic acids is 1. The minimum absolute atomic E-state index is 0.460. The molecule has 1 aliphatic heterocycles. The molecule has 2 heterocycles. The van der Waals surface area contributed by atoms with Gasteiger partial charge in [-0.05, 0) is 31.9 Å². The van der Waals surface area contributed by atoms with Crippen LogP contribution in [0, 0.1) is 16.7 Å². The molecule has 1 unspecified atom stereocenters. The maximum absolute atomic E-state index is 11.3. The predicted octanol–water partition coefficient (Wildman–Crippen LogP) is 1.64. The van der Waals surface area contributed by atoms with E-state index in [2.05, 4.69) is 4.98 Å². The maximum atomic E-state index is 11.3. The first kappa shape index (κ1) is 12.4. The molecule has 1 aromatic rings. The van der Waals surface area contributed by atoms with E-state index >= 15 is 0 Å². The molecule has 0 saturated carbocycles. The summed E-state index contributed by atoms with van der Waals surface area (Å²) in [6.45, 7) is 3.04. The van der Waals surface area contributed by atoms with Crippen LogP contribution in [0.25, 0.3) is 0 Å². The van der Waals surface area contributed by atoms with Crippen LogP contribution in [0.5, 0.6) is 0 Å². The molecule has 2 rings (SSSR count). The number of aromatic nitrogens is 1. The van der Waals surface area contributed by atoms with Crippen molar-refractivity contribution in [1.29, 1.82) is 5.26 Å². The molecule has 1 aliphatic rings. The number of nitrogens with zero attached hydrogens (tertiary/aromatic N) is 3. The van der Waals surface area contributed by atoms with Crippen LogP contribution in [0.4, 0.5) is 5.82 Å². The number of nitriles is 1. The molecule has 5 nitrogen and oxygen atoms in total. The van der Waals surface area contributed by atoms with Gasteiger partial charge >= 0.3 is 5.97 Å². The van der Waals surface area contributed by atoms with Gasteiger partial charge in [-0.1, -0.05) is 0 Å². The third-order valence-electron chi connectivity index (χ3n) is 3.41. The average Bonchev–Trinajstić information content (AvgIpc) is 2.39. The van der Waals surface area contributed by atoms with E-state index in [9.17, 15) is 9.90 Å². The molecular formula is C13H15N3O2. The van der Waals surface area contributed by atoms with E-state index in [-0.39, 0.29) is 0 Å². The zero-order valence-electron chi connectivity index (χ0n) is 10.3. The molecule has 0 aromatic carbocycles. The van der Waals surface area contributed by atoms with Crippen LogP contribution in [0.2, 0.25) is 0 Å². The van der Waals surface area contributed by atoms with E-state index in [0.717, 1.165) is 18.8 Å². The fourth-order valence-electron chi connectivity index (χ4n) is 2.25. The smallest absolute Gasteiger partial charge is 0.311 e. The van der Waals surface area contributed by atoms with Crippen LogP contribution in [0.3, 0.4) is 0 Å². The highest BCUT2D eigenvalue weighted by Gasteiger charge is 2.38. The Balaban J connectivity index is 2.18. The number of hydrogen-bond donors (Lipinski definition) is 1. The fourth-order valence-corrected chi connectivity index (χ4v) is 2.25. The third-order valence-corrected chi connectivity index (χ3v) is 3.41. The highest BCUT2D eigenvalue weighted by Crippen LogP contribution is 2.31. The van der Waals surface area contributed by atoms with Crippen molar-refractivity contribution < 1.29 is 9.90 Å². The SMILES string of the molecule is CC1(C(=O)O)CCCN(c2ccc(C#N)cn2)C1. The minimum Gasteiger partial charge on any atom is -0.481 e. The summed E-state index contributed by atoms with van der Waals surface area (Å²) in [5.41, 5.74) is -0.204. The summed E-state index contributed by atoms with van der Waals surface area (Å²) in [5, 5.41) is 18.0. The van der Waals surface area contributed by atoms with Crippen molar-refractivity contribution in [1.82, 2.24) is 4.98 Å². The fraction of sp³-hybridized carbons (Fsp3) is 0.462. The second kappa shape index (κ2) is 4.65. The molecule has 0 amide bonds. The van der Waals surface area contributed by atoms with Crippen molar-refractivity contribution in [3.05, 3.63) is 23.9 Å². The van der Waals surface area contributed by atoms with Crippen molar-refractivity contribution in [2.24, 2.45) is 5.41 Å². The van der Waals surface area contributed by atoms with Crippen molar-refractivity contribution in [2.75, 3.05) is 18.0 Å². The van der Waals surface area contributed by atoms with Crippen molar-refractivity contribution in [2.45, 2.75) is 19.8 Å². The highest BCUT2D eigenvalue weighted by atomic mass is 16.4. The van der Waals surface area contributed by atoms with Gasteiger partial charge in [-0.3, -0.25) is 4.79 Å². The van der Waals surface area contributed by atoms with Gasteiger partial charge in [-0.25, -0.2) is 4.98 Å². The average molecular weight is 245 g/mol. The van der Waals surface area contributed by atoms with Crippen molar-refractivity contribution in [3.8, 4) is 6.07 Å². The Morgan fingerprint density at radius 3 is 2.94 bits per heavy atom. The van der Waals surface area contributed by atoms with Crippen molar-refractivity contribution >= 4 is 11.8 Å². The molecule has 18 heavy (non-hydrogen) atoms. The van der Waals surface area contributed by atoms with Gasteiger partial charge in [0.1, 0.15) is 11.9 Å². The Labute approximate surface area is 106 Å². The van der Waals surface area contributed by atoms with Crippen LogP contribution >= 0.6 is 0 Å². The van der Waals surface area contributed by atoms with E-state index in [1.807, 2.05) is 11.0 Å². The molecule has 0 radical (unpaired) electrons. The summed E-state index contributed by atoms with van der Waals surface area (Å²) in [6.07, 6.45) is 3.04. The molecule has 1 N–H and O–H groups in total. The maximum Gasteiger partial charge on any atom is 0.311 e. The molecule has 0 bridgehead atoms. The quantitative estimate of drug-likeness (QED) is 0.857. The third kappa shape index (κ3) is 2.28. The summed E-state index contributed by atoms with van der Waals surface area (Å²) in [6, 6.07) is 5.49. The van der Waals surface area contributed by atoms with Gasteiger partial charge < -0.3 is 10.0 Å². The number of rotatable bonds is 2. The van der Waals surface area contributed by atoms with Crippen LogP contribution in [-0.2, 0) is 4.79 Å². The number of pyridine rings is 1. The van der Waals surface area contributed by atoms with Gasteiger partial charge in [0.05, 0.1) is 11.0 Å². The molecule has 1 fully saturated rings. The van der Waals surface area contributed by atoms with Gasteiger partial charge in [0.15, 0.2) is 0 Å². The van der Waals surface area contributed by atoms with Crippen LogP contribution in [0.1, 0.15) is 25.3 Å². The summed E-state index contributed by atoms with van der Waals surface area (Å²) >= 11 is 0. The van der Waals surface area contributed by atoms with Gasteiger partial charge in [0.2, 0.25) is 0 Å². The molecule has 5 heteroatoms. The Bertz CT molecular complexity index is 492. The zero-order chi connectivity index (χ0) is 13.2. The monoisotopic (exact) mass is 245 g/mol. The summed E-state index contributed by atoms with van der Waals surface area (Å²) in [5.74, 6) is -0.0259. The second-order valence-corrected chi connectivity index (χ2v) is 4.91. The lowest BCUT2D eigenvalue weighted by molar-refractivity contribution is -0.148. The van der Waals surface area contributed by atoms with Crippen LogP contribution in [0.15, 0.2) is 18.3 Å². The molecule has 1 saturated heterocycles. The minimum atomic E-state index is -0.763. The number of carboxylic acid groups (broad SMARTS) is 1. The molecule has 1 aromatic heterocycles. The first-order valence-electron chi connectivity index (χ1n) is 5.90. The normalized spacial score (nSPS) is 23.4. The zero-order valence-corrected chi connectivity index (χ0v) is 10.3. The van der Waals surface area contributed by atoms with Crippen LogP contribution in [-0.4, -0.2) is 29.1 Å². The Kier molecular flexibility index (Phi) is 3.19. The number of piperidine rings is 1. The van der Waals surface area contributed by atoms with E-state index in [4.69, 9.17) is 5.26 Å². The molecule has 94 valence electrons. The van der Waals surface area contributed by atoms with Gasteiger partial charge in [0, 0.05) is 19.3 Å². The first-order chi connectivity index (χ1) is 8.55. The molecular weight excluding hydrogens is 230 g/mol. The molecule has 1 atom stereocenters. The van der Waals surface area contributed by atoms with Gasteiger partial charge in [-0.2, -0.15) is 5.26 Å². The number of carboxylic acids is 1. The summed E-state index contributed by atoms with van der Waals surface area (Å²) < 4.78 is 0. The van der Waals surface area contributed by atoms with E-state index in [1.165, 1.54) is 6.20 Å².